The number of benzene rings is 2. The Morgan fingerprint density at radius 2 is 1.86 bits per heavy atom. The molecule has 0 aliphatic rings. The Labute approximate surface area is 185 Å². The average molecular weight is 482 g/mol. The molecule has 0 bridgehead atoms. The summed E-state index contributed by atoms with van der Waals surface area (Å²) in [5.74, 6) is -0.100. The minimum atomic E-state index is -0.671. The van der Waals surface area contributed by atoms with E-state index in [2.05, 4.69) is 21.2 Å². The minimum absolute atomic E-state index is 0.217. The van der Waals surface area contributed by atoms with Crippen molar-refractivity contribution in [3.63, 3.8) is 0 Å². The molecular formula is C22H26BrClN2O3. The zero-order valence-electron chi connectivity index (χ0n) is 17.0. The molecule has 0 saturated carbocycles. The van der Waals surface area contributed by atoms with Gasteiger partial charge in [-0.1, -0.05) is 51.8 Å². The van der Waals surface area contributed by atoms with Crippen LogP contribution >= 0.6 is 27.5 Å². The van der Waals surface area contributed by atoms with Crippen molar-refractivity contribution < 1.29 is 14.3 Å². The molecule has 1 N–H and O–H groups in total. The summed E-state index contributed by atoms with van der Waals surface area (Å²) in [7, 11) is 0. The molecular weight excluding hydrogens is 456 g/mol. The zero-order valence-corrected chi connectivity index (χ0v) is 19.4. The largest absolute Gasteiger partial charge is 0.482 e. The molecule has 0 radical (unpaired) electrons. The number of hydrogen-bond acceptors (Lipinski definition) is 3. The molecule has 29 heavy (non-hydrogen) atoms. The maximum Gasteiger partial charge on any atom is 0.261 e. The number of amides is 2. The molecule has 156 valence electrons. The van der Waals surface area contributed by atoms with E-state index in [1.807, 2.05) is 45.0 Å². The van der Waals surface area contributed by atoms with Crippen molar-refractivity contribution >= 4 is 39.3 Å². The predicted molar refractivity (Wildman–Crippen MR) is 119 cm³/mol. The number of rotatable bonds is 7. The van der Waals surface area contributed by atoms with Crippen LogP contribution in [0.4, 0.5) is 0 Å². The molecule has 7 heteroatoms. The SMILES string of the molecule is CC(C(=O)NC(C)(C)C)N(Cc1cccc(Br)c1)C(=O)COc1ccccc1Cl. The number of ether oxygens (including phenoxy) is 1. The van der Waals surface area contributed by atoms with Crippen molar-refractivity contribution in [1.29, 1.82) is 0 Å². The van der Waals surface area contributed by atoms with Crippen molar-refractivity contribution in [2.45, 2.75) is 45.8 Å². The normalized spacial score (nSPS) is 12.2. The van der Waals surface area contributed by atoms with Gasteiger partial charge in [0.05, 0.1) is 5.02 Å². The minimum Gasteiger partial charge on any atom is -0.482 e. The van der Waals surface area contributed by atoms with Crippen LogP contribution in [0.3, 0.4) is 0 Å². The van der Waals surface area contributed by atoms with E-state index < -0.39 is 11.6 Å². The van der Waals surface area contributed by atoms with Gasteiger partial charge in [0, 0.05) is 16.6 Å². The number of nitrogens with zero attached hydrogens (tertiary/aromatic N) is 1. The number of nitrogens with one attached hydrogen (secondary N) is 1. The summed E-state index contributed by atoms with van der Waals surface area (Å²) >= 11 is 9.54. The van der Waals surface area contributed by atoms with Crippen molar-refractivity contribution in [2.24, 2.45) is 0 Å². The fraction of sp³-hybridized carbons (Fsp3) is 0.364. The highest BCUT2D eigenvalue weighted by molar-refractivity contribution is 9.10. The van der Waals surface area contributed by atoms with E-state index in [9.17, 15) is 9.59 Å². The number of carbonyl (C=O) groups is 2. The lowest BCUT2D eigenvalue weighted by Gasteiger charge is -2.31. The summed E-state index contributed by atoms with van der Waals surface area (Å²) in [6, 6.07) is 13.9. The van der Waals surface area contributed by atoms with Gasteiger partial charge in [-0.2, -0.15) is 0 Å². The molecule has 1 unspecified atom stereocenters. The summed E-state index contributed by atoms with van der Waals surface area (Å²) in [6.45, 7) is 7.48. The van der Waals surface area contributed by atoms with E-state index >= 15 is 0 Å². The summed E-state index contributed by atoms with van der Waals surface area (Å²) < 4.78 is 6.51. The molecule has 0 saturated heterocycles. The van der Waals surface area contributed by atoms with E-state index in [4.69, 9.17) is 16.3 Å². The van der Waals surface area contributed by atoms with Crippen molar-refractivity contribution in [3.05, 3.63) is 63.6 Å². The first-order valence-corrected chi connectivity index (χ1v) is 10.5. The number of halogens is 2. The average Bonchev–Trinajstić information content (AvgIpc) is 2.63. The standard InChI is InChI=1S/C22H26BrClN2O3/c1-15(21(28)25-22(2,3)4)26(13-16-8-7-9-17(23)12-16)20(27)14-29-19-11-6-5-10-18(19)24/h5-12,15H,13-14H2,1-4H3,(H,25,28). The first kappa shape index (κ1) is 23.2. The maximum atomic E-state index is 13.0. The summed E-state index contributed by atoms with van der Waals surface area (Å²) in [4.78, 5) is 27.2. The van der Waals surface area contributed by atoms with Crippen molar-refractivity contribution in [3.8, 4) is 5.75 Å². The van der Waals surface area contributed by atoms with Crippen LogP contribution in [0.2, 0.25) is 5.02 Å². The molecule has 0 heterocycles. The van der Waals surface area contributed by atoms with Gasteiger partial charge in [-0.05, 0) is 57.5 Å². The quantitative estimate of drug-likeness (QED) is 0.617. The van der Waals surface area contributed by atoms with Crippen LogP contribution in [0, 0.1) is 0 Å². The Balaban J connectivity index is 2.19. The van der Waals surface area contributed by atoms with Gasteiger partial charge in [-0.15, -0.1) is 0 Å². The van der Waals surface area contributed by atoms with Crippen LogP contribution < -0.4 is 10.1 Å². The van der Waals surface area contributed by atoms with Gasteiger partial charge in [-0.3, -0.25) is 9.59 Å². The molecule has 0 fully saturated rings. The van der Waals surface area contributed by atoms with Gasteiger partial charge >= 0.3 is 0 Å². The lowest BCUT2D eigenvalue weighted by molar-refractivity contribution is -0.142. The van der Waals surface area contributed by atoms with Crippen molar-refractivity contribution in [2.75, 3.05) is 6.61 Å². The van der Waals surface area contributed by atoms with E-state index in [-0.39, 0.29) is 25.0 Å². The monoisotopic (exact) mass is 480 g/mol. The van der Waals surface area contributed by atoms with Gasteiger partial charge < -0.3 is 15.0 Å². The third-order valence-corrected chi connectivity index (χ3v) is 4.90. The molecule has 2 aromatic carbocycles. The number of carbonyl (C=O) groups excluding carboxylic acids is 2. The Morgan fingerprint density at radius 3 is 2.48 bits per heavy atom. The van der Waals surface area contributed by atoms with Crippen LogP contribution in [-0.2, 0) is 16.1 Å². The van der Waals surface area contributed by atoms with Gasteiger partial charge in [0.25, 0.3) is 5.91 Å². The van der Waals surface area contributed by atoms with Crippen LogP contribution in [0.15, 0.2) is 53.0 Å². The molecule has 5 nitrogen and oxygen atoms in total. The Kier molecular flexibility index (Phi) is 8.11. The van der Waals surface area contributed by atoms with Crippen LogP contribution in [0.25, 0.3) is 0 Å². The second-order valence-corrected chi connectivity index (χ2v) is 9.11. The smallest absolute Gasteiger partial charge is 0.261 e. The van der Waals surface area contributed by atoms with Gasteiger partial charge in [0.2, 0.25) is 5.91 Å². The zero-order chi connectivity index (χ0) is 21.6. The predicted octanol–water partition coefficient (Wildman–Crippen LogP) is 4.81. The molecule has 0 spiro atoms. The Bertz CT molecular complexity index is 867. The topological polar surface area (TPSA) is 58.6 Å². The molecule has 2 amide bonds. The first-order valence-electron chi connectivity index (χ1n) is 9.30. The maximum absolute atomic E-state index is 13.0. The highest BCUT2D eigenvalue weighted by atomic mass is 79.9. The van der Waals surface area contributed by atoms with Gasteiger partial charge in [0.1, 0.15) is 11.8 Å². The molecule has 1 atom stereocenters. The molecule has 2 aromatic rings. The van der Waals surface area contributed by atoms with Crippen LogP contribution in [0.5, 0.6) is 5.75 Å². The molecule has 0 aliphatic heterocycles. The Morgan fingerprint density at radius 1 is 1.17 bits per heavy atom. The number of hydrogen-bond donors (Lipinski definition) is 1. The fourth-order valence-electron chi connectivity index (χ4n) is 2.67. The fourth-order valence-corrected chi connectivity index (χ4v) is 3.31. The summed E-state index contributed by atoms with van der Waals surface area (Å²) in [5, 5.41) is 3.36. The van der Waals surface area contributed by atoms with Gasteiger partial charge in [-0.25, -0.2) is 0 Å². The summed E-state index contributed by atoms with van der Waals surface area (Å²) in [6.07, 6.45) is 0. The second kappa shape index (κ2) is 10.1. The third-order valence-electron chi connectivity index (χ3n) is 4.10. The van der Waals surface area contributed by atoms with E-state index in [0.717, 1.165) is 10.0 Å². The highest BCUT2D eigenvalue weighted by Crippen LogP contribution is 2.23. The Hall–Kier alpha value is -2.05. The first-order chi connectivity index (χ1) is 13.6. The highest BCUT2D eigenvalue weighted by Gasteiger charge is 2.28. The second-order valence-electron chi connectivity index (χ2n) is 7.79. The van der Waals surface area contributed by atoms with E-state index in [0.29, 0.717) is 10.8 Å². The van der Waals surface area contributed by atoms with Crippen molar-refractivity contribution in [1.82, 2.24) is 10.2 Å². The lowest BCUT2D eigenvalue weighted by atomic mass is 10.1. The molecule has 0 aromatic heterocycles. The summed E-state index contributed by atoms with van der Waals surface area (Å²) in [5.41, 5.74) is 0.505. The van der Waals surface area contributed by atoms with E-state index in [1.165, 1.54) is 4.90 Å². The lowest BCUT2D eigenvalue weighted by Crippen LogP contribution is -2.53. The number of para-hydroxylation sites is 1. The van der Waals surface area contributed by atoms with Crippen LogP contribution in [-0.4, -0.2) is 34.9 Å². The van der Waals surface area contributed by atoms with E-state index in [1.54, 1.807) is 31.2 Å². The molecule has 2 rings (SSSR count). The van der Waals surface area contributed by atoms with Gasteiger partial charge in [0.15, 0.2) is 6.61 Å². The molecule has 0 aliphatic carbocycles. The third kappa shape index (κ3) is 7.37. The van der Waals surface area contributed by atoms with Crippen LogP contribution in [0.1, 0.15) is 33.3 Å².